The van der Waals surface area contributed by atoms with Crippen LogP contribution in [0.3, 0.4) is 0 Å². The van der Waals surface area contributed by atoms with Gasteiger partial charge in [0.15, 0.2) is 6.04 Å². The molecule has 0 aromatic heterocycles. The van der Waals surface area contributed by atoms with E-state index in [1.54, 1.807) is 6.92 Å². The number of nitrogens with one attached hydrogen (secondary N) is 2. The third-order valence-corrected chi connectivity index (χ3v) is 4.66. The van der Waals surface area contributed by atoms with Crippen molar-refractivity contribution in [2.45, 2.75) is 32.7 Å². The highest BCUT2D eigenvalue weighted by molar-refractivity contribution is 6.31. The molecular weight excluding hydrogens is 335 g/mol. The number of carbonyl (C=O) groups is 2. The van der Waals surface area contributed by atoms with E-state index in [0.29, 0.717) is 18.8 Å². The summed E-state index contributed by atoms with van der Waals surface area (Å²) in [6, 6.07) is 3.74. The Morgan fingerprint density at radius 2 is 2.25 bits per heavy atom. The van der Waals surface area contributed by atoms with E-state index in [2.05, 4.69) is 5.32 Å². The Hall–Kier alpha value is -1.66. The fourth-order valence-electron chi connectivity index (χ4n) is 2.96. The summed E-state index contributed by atoms with van der Waals surface area (Å²) in [5, 5.41) is 2.72. The number of halogens is 2. The quantitative estimate of drug-likeness (QED) is 0.788. The molecule has 0 saturated carbocycles. The van der Waals surface area contributed by atoms with Crippen molar-refractivity contribution >= 4 is 29.2 Å². The molecule has 0 bridgehead atoms. The highest BCUT2D eigenvalue weighted by Crippen LogP contribution is 2.19. The molecular formula is C17H23ClFN2O3+. The van der Waals surface area contributed by atoms with E-state index in [1.165, 1.54) is 18.2 Å². The van der Waals surface area contributed by atoms with Gasteiger partial charge in [-0.3, -0.25) is 9.59 Å². The lowest BCUT2D eigenvalue weighted by Crippen LogP contribution is -3.18. The van der Waals surface area contributed by atoms with Crippen LogP contribution in [0.1, 0.15) is 26.7 Å². The van der Waals surface area contributed by atoms with Gasteiger partial charge in [0, 0.05) is 5.69 Å². The fourth-order valence-corrected chi connectivity index (χ4v) is 3.14. The highest BCUT2D eigenvalue weighted by atomic mass is 35.5. The number of esters is 1. The summed E-state index contributed by atoms with van der Waals surface area (Å²) in [6.45, 7) is 5.39. The molecule has 132 valence electrons. The summed E-state index contributed by atoms with van der Waals surface area (Å²) in [5.41, 5.74) is 0.455. The molecule has 2 N–H and O–H groups in total. The summed E-state index contributed by atoms with van der Waals surface area (Å²) >= 11 is 5.73. The van der Waals surface area contributed by atoms with E-state index >= 15 is 0 Å². The molecule has 1 saturated heterocycles. The van der Waals surface area contributed by atoms with Crippen molar-refractivity contribution in [2.24, 2.45) is 5.92 Å². The third-order valence-electron chi connectivity index (χ3n) is 4.37. The van der Waals surface area contributed by atoms with Crippen LogP contribution in [0, 0.1) is 11.7 Å². The van der Waals surface area contributed by atoms with Crippen molar-refractivity contribution in [1.29, 1.82) is 0 Å². The molecule has 0 spiro atoms. The minimum Gasteiger partial charge on any atom is -0.466 e. The van der Waals surface area contributed by atoms with Gasteiger partial charge in [0.2, 0.25) is 0 Å². The Balaban J connectivity index is 1.96. The molecule has 1 aliphatic rings. The van der Waals surface area contributed by atoms with Crippen molar-refractivity contribution in [3.8, 4) is 0 Å². The van der Waals surface area contributed by atoms with E-state index in [4.69, 9.17) is 16.3 Å². The molecule has 1 unspecified atom stereocenters. The van der Waals surface area contributed by atoms with Crippen LogP contribution in [0.4, 0.5) is 10.1 Å². The number of piperidine rings is 1. The minimum atomic E-state index is -0.526. The maximum atomic E-state index is 13.2. The fraction of sp³-hybridized carbons (Fsp3) is 0.529. The second kappa shape index (κ2) is 8.44. The van der Waals surface area contributed by atoms with Crippen LogP contribution in [0.2, 0.25) is 5.02 Å². The number of hydrogen-bond acceptors (Lipinski definition) is 3. The van der Waals surface area contributed by atoms with Crippen LogP contribution in [0.25, 0.3) is 0 Å². The van der Waals surface area contributed by atoms with Gasteiger partial charge in [-0.25, -0.2) is 4.39 Å². The lowest BCUT2D eigenvalue weighted by atomic mass is 9.97. The SMILES string of the molecule is CCOC(=O)[C@@H]1CCC[NH+]([C@@H](C)C(=O)Nc2ccc(F)c(Cl)c2)C1. The first-order chi connectivity index (χ1) is 11.4. The molecule has 3 atom stereocenters. The van der Waals surface area contributed by atoms with Crippen LogP contribution in [0.15, 0.2) is 18.2 Å². The lowest BCUT2D eigenvalue weighted by molar-refractivity contribution is -0.921. The van der Waals surface area contributed by atoms with Gasteiger partial charge in [0.25, 0.3) is 5.91 Å². The van der Waals surface area contributed by atoms with Crippen LogP contribution in [-0.4, -0.2) is 37.6 Å². The van der Waals surface area contributed by atoms with Gasteiger partial charge in [-0.05, 0) is 44.9 Å². The number of ether oxygens (including phenoxy) is 1. The normalized spacial score (nSPS) is 21.8. The van der Waals surface area contributed by atoms with Gasteiger partial charge >= 0.3 is 5.97 Å². The molecule has 1 aromatic rings. The Bertz CT molecular complexity index is 611. The highest BCUT2D eigenvalue weighted by Gasteiger charge is 2.34. The second-order valence-electron chi connectivity index (χ2n) is 6.04. The zero-order chi connectivity index (χ0) is 17.7. The van der Waals surface area contributed by atoms with Gasteiger partial charge in [0.05, 0.1) is 24.7 Å². The largest absolute Gasteiger partial charge is 0.466 e. The van der Waals surface area contributed by atoms with Crippen LogP contribution < -0.4 is 10.2 Å². The van der Waals surface area contributed by atoms with Crippen molar-refractivity contribution in [3.05, 3.63) is 29.0 Å². The maximum Gasteiger partial charge on any atom is 0.314 e. The topological polar surface area (TPSA) is 59.8 Å². The monoisotopic (exact) mass is 357 g/mol. The van der Waals surface area contributed by atoms with E-state index in [1.807, 2.05) is 6.92 Å². The molecule has 1 fully saturated rings. The number of benzene rings is 1. The van der Waals surface area contributed by atoms with Gasteiger partial charge < -0.3 is 15.0 Å². The molecule has 2 rings (SSSR count). The van der Waals surface area contributed by atoms with Crippen molar-refractivity contribution in [3.63, 3.8) is 0 Å². The number of anilines is 1. The number of carbonyl (C=O) groups excluding carboxylic acids is 2. The average molecular weight is 358 g/mol. The van der Waals surface area contributed by atoms with Crippen LogP contribution in [-0.2, 0) is 14.3 Å². The predicted octanol–water partition coefficient (Wildman–Crippen LogP) is 1.66. The molecule has 7 heteroatoms. The van der Waals surface area contributed by atoms with Gasteiger partial charge in [0.1, 0.15) is 11.7 Å². The number of quaternary nitrogens is 1. The Kier molecular flexibility index (Phi) is 6.57. The molecule has 0 radical (unpaired) electrons. The summed E-state index contributed by atoms with van der Waals surface area (Å²) in [7, 11) is 0. The van der Waals surface area contributed by atoms with E-state index in [9.17, 15) is 14.0 Å². The zero-order valence-electron chi connectivity index (χ0n) is 13.9. The smallest absolute Gasteiger partial charge is 0.314 e. The third kappa shape index (κ3) is 4.68. The van der Waals surface area contributed by atoms with Gasteiger partial charge in [-0.15, -0.1) is 0 Å². The number of amides is 1. The van der Waals surface area contributed by atoms with E-state index in [-0.39, 0.29) is 28.9 Å². The van der Waals surface area contributed by atoms with Gasteiger partial charge in [-0.1, -0.05) is 11.6 Å². The standard InChI is InChI=1S/C17H22ClFN2O3/c1-3-24-17(23)12-5-4-8-21(10-12)11(2)16(22)20-13-6-7-15(19)14(18)9-13/h6-7,9,11-12H,3-5,8,10H2,1-2H3,(H,20,22)/p+1/t11-,12+/m0/s1. The van der Waals surface area contributed by atoms with Crippen molar-refractivity contribution in [2.75, 3.05) is 25.0 Å². The first kappa shape index (κ1) is 18.7. The first-order valence-corrected chi connectivity index (χ1v) is 8.57. The second-order valence-corrected chi connectivity index (χ2v) is 6.45. The first-order valence-electron chi connectivity index (χ1n) is 8.19. The molecule has 1 heterocycles. The van der Waals surface area contributed by atoms with Crippen LogP contribution >= 0.6 is 11.6 Å². The Morgan fingerprint density at radius 3 is 2.92 bits per heavy atom. The van der Waals surface area contributed by atoms with Crippen molar-refractivity contribution in [1.82, 2.24) is 0 Å². The average Bonchev–Trinajstić information content (AvgIpc) is 2.57. The predicted molar refractivity (Wildman–Crippen MR) is 89.6 cm³/mol. The minimum absolute atomic E-state index is 0.0341. The summed E-state index contributed by atoms with van der Waals surface area (Å²) in [4.78, 5) is 25.4. The molecule has 5 nitrogen and oxygen atoms in total. The van der Waals surface area contributed by atoms with E-state index in [0.717, 1.165) is 24.3 Å². The Labute approximate surface area is 146 Å². The van der Waals surface area contributed by atoms with E-state index < -0.39 is 5.82 Å². The molecule has 1 aromatic carbocycles. The zero-order valence-corrected chi connectivity index (χ0v) is 14.7. The Morgan fingerprint density at radius 1 is 1.50 bits per heavy atom. The van der Waals surface area contributed by atoms with Crippen LogP contribution in [0.5, 0.6) is 0 Å². The maximum absolute atomic E-state index is 13.2. The van der Waals surface area contributed by atoms with Crippen molar-refractivity contribution < 1.29 is 23.6 Å². The summed E-state index contributed by atoms with van der Waals surface area (Å²) in [5.74, 6) is -1.06. The lowest BCUT2D eigenvalue weighted by Gasteiger charge is -2.32. The molecule has 24 heavy (non-hydrogen) atoms. The van der Waals surface area contributed by atoms with Gasteiger partial charge in [-0.2, -0.15) is 0 Å². The number of likely N-dealkylation sites (tertiary alicyclic amines) is 1. The molecule has 1 aliphatic heterocycles. The summed E-state index contributed by atoms with van der Waals surface area (Å²) in [6.07, 6.45) is 1.67. The molecule has 1 amide bonds. The number of hydrogen-bond donors (Lipinski definition) is 2. The summed E-state index contributed by atoms with van der Waals surface area (Å²) < 4.78 is 18.3. The molecule has 0 aliphatic carbocycles. The number of rotatable bonds is 5.